The fraction of sp³-hybridized carbons (Fsp3) is 0.111. The largest absolute Gasteiger partial charge is 0.269 e. The molecule has 3 rings (SSSR count). The van der Waals surface area contributed by atoms with Crippen LogP contribution in [0.1, 0.15) is 17.0 Å². The molecule has 0 N–H and O–H groups in total. The molecule has 0 aliphatic rings. The van der Waals surface area contributed by atoms with E-state index in [9.17, 15) is 4.79 Å². The Morgan fingerprint density at radius 1 is 1.26 bits per heavy atom. The lowest BCUT2D eigenvalue weighted by Crippen LogP contribution is -2.15. The topological polar surface area (TPSA) is 34.4 Å². The third kappa shape index (κ3) is 3.81. The molecule has 0 unspecified atom stereocenters. The Hall–Kier alpha value is -2.11. The molecule has 0 spiro atoms. The van der Waals surface area contributed by atoms with Crippen LogP contribution >= 0.6 is 23.1 Å². The van der Waals surface area contributed by atoms with Gasteiger partial charge in [0.15, 0.2) is 4.96 Å². The summed E-state index contributed by atoms with van der Waals surface area (Å²) in [5.41, 5.74) is 2.74. The van der Waals surface area contributed by atoms with Crippen LogP contribution in [0, 0.1) is 0 Å². The van der Waals surface area contributed by atoms with Gasteiger partial charge in [0.05, 0.1) is 5.69 Å². The first kappa shape index (κ1) is 15.8. The highest BCUT2D eigenvalue weighted by molar-refractivity contribution is 7.98. The number of aromatic nitrogens is 2. The van der Waals surface area contributed by atoms with Gasteiger partial charge in [-0.25, -0.2) is 4.98 Å². The lowest BCUT2D eigenvalue weighted by atomic mass is 10.2. The highest BCUT2D eigenvalue weighted by Gasteiger charge is 2.08. The highest BCUT2D eigenvalue weighted by atomic mass is 32.2. The maximum atomic E-state index is 12.4. The fourth-order valence-electron chi connectivity index (χ4n) is 2.17. The van der Waals surface area contributed by atoms with Crippen molar-refractivity contribution in [1.29, 1.82) is 0 Å². The van der Waals surface area contributed by atoms with Gasteiger partial charge in [0, 0.05) is 28.6 Å². The van der Waals surface area contributed by atoms with E-state index in [1.807, 2.05) is 53.9 Å². The summed E-state index contributed by atoms with van der Waals surface area (Å²) in [4.78, 5) is 17.7. The number of thiazole rings is 1. The molecule has 1 aromatic carbocycles. The Kier molecular flexibility index (Phi) is 5.10. The van der Waals surface area contributed by atoms with Crippen LogP contribution in [0.3, 0.4) is 0 Å². The van der Waals surface area contributed by atoms with Crippen molar-refractivity contribution in [1.82, 2.24) is 9.38 Å². The van der Waals surface area contributed by atoms with Crippen molar-refractivity contribution in [3.05, 3.63) is 81.7 Å². The zero-order chi connectivity index (χ0) is 16.1. The first-order chi connectivity index (χ1) is 11.3. The maximum absolute atomic E-state index is 12.4. The zero-order valence-corrected chi connectivity index (χ0v) is 14.1. The van der Waals surface area contributed by atoms with Crippen molar-refractivity contribution in [3.8, 4) is 0 Å². The standard InChI is InChI=1S/C18H16N2OS2/c1-2-10-22-12-16-13-23-18-19-15(11-17(21)20(16)18)9-8-14-6-4-3-5-7-14/h2-9,11,13H,1,10,12H2/b9-8+. The second-order valence-electron chi connectivity index (χ2n) is 4.91. The van der Waals surface area contributed by atoms with Crippen molar-refractivity contribution < 1.29 is 0 Å². The van der Waals surface area contributed by atoms with E-state index in [-0.39, 0.29) is 5.56 Å². The number of nitrogens with zero attached hydrogens (tertiary/aromatic N) is 2. The summed E-state index contributed by atoms with van der Waals surface area (Å²) in [6, 6.07) is 11.6. The molecular weight excluding hydrogens is 324 g/mol. The van der Waals surface area contributed by atoms with E-state index in [1.165, 1.54) is 11.3 Å². The number of benzene rings is 1. The molecule has 2 heterocycles. The van der Waals surface area contributed by atoms with Gasteiger partial charge in [-0.15, -0.1) is 17.9 Å². The minimum absolute atomic E-state index is 0.0295. The molecule has 0 radical (unpaired) electrons. The van der Waals surface area contributed by atoms with Gasteiger partial charge in [0.1, 0.15) is 0 Å². The fourth-order valence-corrected chi connectivity index (χ4v) is 3.88. The van der Waals surface area contributed by atoms with E-state index in [2.05, 4.69) is 11.6 Å². The third-order valence-corrected chi connectivity index (χ3v) is 5.07. The van der Waals surface area contributed by atoms with E-state index in [0.29, 0.717) is 5.69 Å². The van der Waals surface area contributed by atoms with Crippen LogP contribution in [0.5, 0.6) is 0 Å². The number of hydrogen-bond acceptors (Lipinski definition) is 4. The zero-order valence-electron chi connectivity index (χ0n) is 12.5. The smallest absolute Gasteiger partial charge is 0.259 e. The summed E-state index contributed by atoms with van der Waals surface area (Å²) >= 11 is 3.23. The third-order valence-electron chi connectivity index (χ3n) is 3.23. The Bertz CT molecular complexity index is 894. The molecule has 116 valence electrons. The van der Waals surface area contributed by atoms with Crippen molar-refractivity contribution in [2.45, 2.75) is 5.75 Å². The normalized spacial score (nSPS) is 11.3. The lowest BCUT2D eigenvalue weighted by molar-refractivity contribution is 1.01. The van der Waals surface area contributed by atoms with E-state index >= 15 is 0 Å². The lowest BCUT2D eigenvalue weighted by Gasteiger charge is -2.00. The predicted molar refractivity (Wildman–Crippen MR) is 101 cm³/mol. The monoisotopic (exact) mass is 340 g/mol. The molecule has 5 heteroatoms. The first-order valence-electron chi connectivity index (χ1n) is 7.20. The summed E-state index contributed by atoms with van der Waals surface area (Å²) in [7, 11) is 0. The molecular formula is C18H16N2OS2. The van der Waals surface area contributed by atoms with Gasteiger partial charge >= 0.3 is 0 Å². The van der Waals surface area contributed by atoms with Crippen molar-refractivity contribution in [2.75, 3.05) is 5.75 Å². The summed E-state index contributed by atoms with van der Waals surface area (Å²) in [5, 5.41) is 2.00. The molecule has 23 heavy (non-hydrogen) atoms. The van der Waals surface area contributed by atoms with Crippen LogP contribution in [-0.2, 0) is 5.75 Å². The van der Waals surface area contributed by atoms with E-state index in [1.54, 1.807) is 22.2 Å². The molecule has 0 amide bonds. The average Bonchev–Trinajstić information content (AvgIpc) is 2.98. The number of rotatable bonds is 6. The number of thioether (sulfide) groups is 1. The Balaban J connectivity index is 1.89. The molecule has 3 nitrogen and oxygen atoms in total. The Labute approximate surface area is 143 Å². The Morgan fingerprint density at radius 2 is 2.09 bits per heavy atom. The molecule has 0 aliphatic carbocycles. The molecule has 0 saturated heterocycles. The van der Waals surface area contributed by atoms with Gasteiger partial charge in [-0.3, -0.25) is 9.20 Å². The minimum atomic E-state index is -0.0295. The van der Waals surface area contributed by atoms with Gasteiger partial charge in [-0.05, 0) is 11.6 Å². The quantitative estimate of drug-likeness (QED) is 0.494. The van der Waals surface area contributed by atoms with E-state index < -0.39 is 0 Å². The van der Waals surface area contributed by atoms with Crippen LogP contribution in [-0.4, -0.2) is 15.1 Å². The van der Waals surface area contributed by atoms with Gasteiger partial charge in [-0.1, -0.05) is 42.5 Å². The van der Waals surface area contributed by atoms with Crippen molar-refractivity contribution >= 4 is 40.2 Å². The van der Waals surface area contributed by atoms with Crippen LogP contribution < -0.4 is 5.56 Å². The molecule has 2 aromatic heterocycles. The second kappa shape index (κ2) is 7.44. The number of fused-ring (bicyclic) bond motifs is 1. The average molecular weight is 340 g/mol. The molecule has 0 bridgehead atoms. The molecule has 0 saturated carbocycles. The first-order valence-corrected chi connectivity index (χ1v) is 9.23. The SMILES string of the molecule is C=CCSCc1csc2nc(/C=C/c3ccccc3)cc(=O)n12. The van der Waals surface area contributed by atoms with Crippen LogP contribution in [0.2, 0.25) is 0 Å². The molecule has 0 atom stereocenters. The van der Waals surface area contributed by atoms with Crippen LogP contribution in [0.4, 0.5) is 0 Å². The second-order valence-corrected chi connectivity index (χ2v) is 6.78. The molecule has 3 aromatic rings. The van der Waals surface area contributed by atoms with Crippen molar-refractivity contribution in [3.63, 3.8) is 0 Å². The molecule has 0 aliphatic heterocycles. The van der Waals surface area contributed by atoms with Crippen molar-refractivity contribution in [2.24, 2.45) is 0 Å². The van der Waals surface area contributed by atoms with E-state index in [4.69, 9.17) is 0 Å². The summed E-state index contributed by atoms with van der Waals surface area (Å²) < 4.78 is 1.70. The van der Waals surface area contributed by atoms with Crippen LogP contribution in [0.25, 0.3) is 17.1 Å². The van der Waals surface area contributed by atoms with E-state index in [0.717, 1.165) is 27.7 Å². The highest BCUT2D eigenvalue weighted by Crippen LogP contribution is 2.18. The summed E-state index contributed by atoms with van der Waals surface area (Å²) in [6.45, 7) is 3.71. The Morgan fingerprint density at radius 3 is 2.87 bits per heavy atom. The maximum Gasteiger partial charge on any atom is 0.259 e. The van der Waals surface area contributed by atoms with Gasteiger partial charge in [0.2, 0.25) is 0 Å². The summed E-state index contributed by atoms with van der Waals surface area (Å²) in [5.74, 6) is 1.66. The minimum Gasteiger partial charge on any atom is -0.269 e. The molecule has 0 fully saturated rings. The van der Waals surface area contributed by atoms with Gasteiger partial charge in [-0.2, -0.15) is 11.8 Å². The van der Waals surface area contributed by atoms with Crippen LogP contribution in [0.15, 0.2) is 59.2 Å². The summed E-state index contributed by atoms with van der Waals surface area (Å²) in [6.07, 6.45) is 5.71. The van der Waals surface area contributed by atoms with Gasteiger partial charge < -0.3 is 0 Å². The predicted octanol–water partition coefficient (Wildman–Crippen LogP) is 4.35. The van der Waals surface area contributed by atoms with Gasteiger partial charge in [0.25, 0.3) is 5.56 Å². The number of hydrogen-bond donors (Lipinski definition) is 0.